The molecule has 5 aromatic rings. The first-order chi connectivity index (χ1) is 27.8. The van der Waals surface area contributed by atoms with E-state index in [-0.39, 0.29) is 50.3 Å². The molecule has 298 valence electrons. The number of hydrogen-bond donors (Lipinski definition) is 5. The summed E-state index contributed by atoms with van der Waals surface area (Å²) >= 11 is 0. The Kier molecular flexibility index (Phi) is 10.1. The molecule has 3 amide bonds. The van der Waals surface area contributed by atoms with Gasteiger partial charge in [0.15, 0.2) is 0 Å². The maximum atomic E-state index is 14.3. The number of fused-ring (bicyclic) bond motifs is 1. The molecule has 4 saturated carbocycles. The lowest BCUT2D eigenvalue weighted by Crippen LogP contribution is -2.51. The molecule has 0 aliphatic heterocycles. The van der Waals surface area contributed by atoms with Crippen molar-refractivity contribution in [1.29, 1.82) is 0 Å². The van der Waals surface area contributed by atoms with Gasteiger partial charge >= 0.3 is 11.9 Å². The van der Waals surface area contributed by atoms with E-state index in [2.05, 4.69) is 16.0 Å². The lowest BCUT2D eigenvalue weighted by molar-refractivity contribution is -0.117. The molecule has 4 aliphatic rings. The Labute approximate surface area is 334 Å². The Morgan fingerprint density at radius 3 is 1.84 bits per heavy atom. The van der Waals surface area contributed by atoms with Gasteiger partial charge in [-0.3, -0.25) is 14.4 Å². The maximum Gasteiger partial charge on any atom is 0.335 e. The minimum Gasteiger partial charge on any atom is -0.478 e. The molecule has 0 spiro atoms. The van der Waals surface area contributed by atoms with Crippen molar-refractivity contribution in [2.75, 3.05) is 18.4 Å². The average Bonchev–Trinajstić information content (AvgIpc) is 3.63. The molecule has 1 unspecified atom stereocenters. The van der Waals surface area contributed by atoms with Gasteiger partial charge in [-0.1, -0.05) is 48.5 Å². The highest BCUT2D eigenvalue weighted by molar-refractivity contribution is 7.90. The Balaban J connectivity index is 1.10. The zero-order chi connectivity index (χ0) is 40.8. The van der Waals surface area contributed by atoms with Crippen LogP contribution >= 0.6 is 0 Å². The molecule has 5 N–H and O–H groups in total. The van der Waals surface area contributed by atoms with Crippen LogP contribution in [0.2, 0.25) is 0 Å². The Morgan fingerprint density at radius 1 is 0.707 bits per heavy atom. The molecule has 4 aliphatic carbocycles. The third-order valence-electron chi connectivity index (χ3n) is 12.1. The number of aromatic carboxylic acids is 2. The van der Waals surface area contributed by atoms with Crippen LogP contribution in [0.5, 0.6) is 0 Å². The molecule has 1 atom stereocenters. The molecule has 4 fully saturated rings. The number of anilines is 1. The number of benzene rings is 4. The predicted molar refractivity (Wildman–Crippen MR) is 214 cm³/mol. The van der Waals surface area contributed by atoms with Gasteiger partial charge in [0.05, 0.1) is 38.6 Å². The molecule has 0 saturated heterocycles. The van der Waals surface area contributed by atoms with Crippen LogP contribution in [0, 0.1) is 23.2 Å². The van der Waals surface area contributed by atoms with Gasteiger partial charge in [-0.05, 0) is 116 Å². The number of nitrogens with one attached hydrogen (secondary N) is 3. The van der Waals surface area contributed by atoms with Crippen LogP contribution in [0.1, 0.15) is 91.4 Å². The summed E-state index contributed by atoms with van der Waals surface area (Å²) < 4.78 is 28.7. The van der Waals surface area contributed by atoms with E-state index < -0.39 is 45.6 Å². The van der Waals surface area contributed by atoms with Gasteiger partial charge < -0.3 is 26.2 Å². The predicted octanol–water partition coefficient (Wildman–Crippen LogP) is 6.37. The fourth-order valence-electron chi connectivity index (χ4n) is 9.83. The second kappa shape index (κ2) is 15.2. The summed E-state index contributed by atoms with van der Waals surface area (Å²) in [5.41, 5.74) is -0.0777. The van der Waals surface area contributed by atoms with Gasteiger partial charge in [0.25, 0.3) is 21.8 Å². The number of carboxylic acids is 2. The van der Waals surface area contributed by atoms with Crippen LogP contribution in [0.4, 0.5) is 5.69 Å². The second-order valence-electron chi connectivity index (χ2n) is 16.1. The molecule has 58 heavy (non-hydrogen) atoms. The first-order valence-electron chi connectivity index (χ1n) is 19.3. The average molecular weight is 803 g/mol. The summed E-state index contributed by atoms with van der Waals surface area (Å²) in [6, 6.07) is 24.2. The minimum atomic E-state index is -4.07. The lowest BCUT2D eigenvalue weighted by atomic mass is 9.49. The van der Waals surface area contributed by atoms with E-state index in [1.807, 2.05) is 0 Å². The van der Waals surface area contributed by atoms with Crippen molar-refractivity contribution >= 4 is 56.3 Å². The molecule has 0 radical (unpaired) electrons. The summed E-state index contributed by atoms with van der Waals surface area (Å²) in [5.74, 6) is -3.69. The van der Waals surface area contributed by atoms with E-state index in [1.165, 1.54) is 49.7 Å². The number of carbonyl (C=O) groups is 5. The quantitative estimate of drug-likeness (QED) is 0.0897. The first kappa shape index (κ1) is 38.6. The number of rotatable bonds is 13. The molecule has 4 aromatic carbocycles. The van der Waals surface area contributed by atoms with E-state index >= 15 is 0 Å². The lowest BCUT2D eigenvalue weighted by Gasteiger charge is -2.56. The van der Waals surface area contributed by atoms with E-state index in [0.29, 0.717) is 35.2 Å². The van der Waals surface area contributed by atoms with Crippen LogP contribution in [0.25, 0.3) is 10.9 Å². The molecule has 1 aromatic heterocycles. The highest BCUT2D eigenvalue weighted by atomic mass is 32.2. The Hall–Kier alpha value is -6.28. The fourth-order valence-corrected chi connectivity index (χ4v) is 11.2. The number of amides is 3. The van der Waals surface area contributed by atoms with Gasteiger partial charge in [0.1, 0.15) is 0 Å². The van der Waals surface area contributed by atoms with Crippen LogP contribution < -0.4 is 16.0 Å². The summed E-state index contributed by atoms with van der Waals surface area (Å²) in [4.78, 5) is 65.9. The molecular formula is C44H42N4O9S. The third kappa shape index (κ3) is 7.59. The maximum absolute atomic E-state index is 14.3. The third-order valence-corrected chi connectivity index (χ3v) is 13.8. The topological polar surface area (TPSA) is 201 Å². The number of aromatic nitrogens is 1. The second-order valence-corrected chi connectivity index (χ2v) is 17.9. The summed E-state index contributed by atoms with van der Waals surface area (Å²) in [5, 5.41) is 28.0. The fraction of sp³-hybridized carbons (Fsp3) is 0.295. The molecular weight excluding hydrogens is 761 g/mol. The highest BCUT2D eigenvalue weighted by Gasteiger charge is 2.50. The summed E-state index contributed by atoms with van der Waals surface area (Å²) in [6.07, 6.45) is 8.24. The van der Waals surface area contributed by atoms with Crippen LogP contribution in [0.15, 0.2) is 108 Å². The Bertz CT molecular complexity index is 2500. The monoisotopic (exact) mass is 802 g/mol. The molecule has 9 rings (SSSR count). The first-order valence-corrected chi connectivity index (χ1v) is 20.7. The van der Waals surface area contributed by atoms with Crippen LogP contribution in [-0.4, -0.2) is 65.4 Å². The minimum absolute atomic E-state index is 0.0146. The van der Waals surface area contributed by atoms with E-state index in [1.54, 1.807) is 54.6 Å². The molecule has 14 heteroatoms. The van der Waals surface area contributed by atoms with Gasteiger partial charge in [0, 0.05) is 30.4 Å². The Morgan fingerprint density at radius 2 is 1.26 bits per heavy atom. The van der Waals surface area contributed by atoms with Gasteiger partial charge in [-0.2, -0.15) is 0 Å². The van der Waals surface area contributed by atoms with E-state index in [4.69, 9.17) is 0 Å². The van der Waals surface area contributed by atoms with Crippen molar-refractivity contribution < 1.29 is 42.6 Å². The zero-order valence-corrected chi connectivity index (χ0v) is 32.2. The number of hydrogen-bond acceptors (Lipinski definition) is 7. The smallest absolute Gasteiger partial charge is 0.335 e. The number of carbonyl (C=O) groups excluding carboxylic acids is 3. The van der Waals surface area contributed by atoms with E-state index in [0.717, 1.165) is 41.4 Å². The van der Waals surface area contributed by atoms with Crippen molar-refractivity contribution in [2.45, 2.75) is 49.3 Å². The van der Waals surface area contributed by atoms with Crippen molar-refractivity contribution in [3.63, 3.8) is 0 Å². The molecule has 4 bridgehead atoms. The van der Waals surface area contributed by atoms with Crippen molar-refractivity contribution in [2.24, 2.45) is 23.2 Å². The van der Waals surface area contributed by atoms with E-state index in [9.17, 15) is 42.6 Å². The van der Waals surface area contributed by atoms with Crippen LogP contribution in [-0.2, 0) is 14.8 Å². The largest absolute Gasteiger partial charge is 0.478 e. The van der Waals surface area contributed by atoms with Gasteiger partial charge in [0.2, 0.25) is 5.91 Å². The standard InChI is InChI=1S/C44H42N4O9S/c49-39(45-24-37(29-7-3-1-4-8-29)41(51)47-33-17-31(42(52)53)16-32(18-33)43(54)55)35-19-30-11-12-48(58(56,57)34-9-5-2-6-10-34)38(30)20-36(35)40(50)46-25-44-21-26-13-27(22-44)15-28(14-26)23-44/h1-12,16-20,26-28,37H,13-15,21-25H2,(H,45,49)(H,46,50)(H,47,51)(H,52,53)(H,54,55). The van der Waals surface area contributed by atoms with Crippen molar-refractivity contribution in [3.05, 3.63) is 131 Å². The highest BCUT2D eigenvalue weighted by Crippen LogP contribution is 2.59. The number of nitrogens with zero attached hydrogens (tertiary/aromatic N) is 1. The molecule has 1 heterocycles. The summed E-state index contributed by atoms with van der Waals surface area (Å²) in [7, 11) is -4.07. The zero-order valence-electron chi connectivity index (χ0n) is 31.4. The molecule has 13 nitrogen and oxygen atoms in total. The SMILES string of the molecule is O=C(O)c1cc(NC(=O)C(CNC(=O)c2cc3ccn(S(=O)(=O)c4ccccc4)c3cc2C(=O)NCC23CC4CC(CC(C4)C2)C3)c2ccccc2)cc(C(=O)O)c1. The van der Waals surface area contributed by atoms with Gasteiger partial charge in [-0.15, -0.1) is 0 Å². The van der Waals surface area contributed by atoms with Gasteiger partial charge in [-0.25, -0.2) is 22.0 Å². The summed E-state index contributed by atoms with van der Waals surface area (Å²) in [6.45, 7) is 0.176. The normalized spacial score (nSPS) is 21.3. The van der Waals surface area contributed by atoms with Crippen molar-refractivity contribution in [3.8, 4) is 0 Å². The van der Waals surface area contributed by atoms with Crippen molar-refractivity contribution in [1.82, 2.24) is 14.6 Å². The van der Waals surface area contributed by atoms with Crippen LogP contribution in [0.3, 0.4) is 0 Å². The number of carboxylic acid groups (broad SMARTS) is 2.